The Morgan fingerprint density at radius 3 is 2.95 bits per heavy atom. The number of ether oxygens (including phenoxy) is 1. The first-order valence-corrected chi connectivity index (χ1v) is 7.04. The van der Waals surface area contributed by atoms with E-state index in [1.165, 1.54) is 19.3 Å². The summed E-state index contributed by atoms with van der Waals surface area (Å²) in [5, 5.41) is 0. The zero-order valence-electron chi connectivity index (χ0n) is 11.5. The topological polar surface area (TPSA) is 55.6 Å². The highest BCUT2D eigenvalue weighted by molar-refractivity contribution is 5.90. The second-order valence-corrected chi connectivity index (χ2v) is 5.06. The van der Waals surface area contributed by atoms with Gasteiger partial charge in [-0.1, -0.05) is 32.3 Å². The van der Waals surface area contributed by atoms with E-state index in [4.69, 9.17) is 10.5 Å². The average Bonchev–Trinajstić information content (AvgIpc) is 2.76. The van der Waals surface area contributed by atoms with Crippen LogP contribution in [0.3, 0.4) is 0 Å². The van der Waals surface area contributed by atoms with Gasteiger partial charge in [-0.25, -0.2) is 4.79 Å². The molecule has 104 valence electrons. The Morgan fingerprint density at radius 2 is 2.21 bits per heavy atom. The highest BCUT2D eigenvalue weighted by Crippen LogP contribution is 2.25. The highest BCUT2D eigenvalue weighted by atomic mass is 16.6. The monoisotopic (exact) mass is 262 g/mol. The molecular weight excluding hydrogens is 240 g/mol. The fourth-order valence-electron chi connectivity index (χ4n) is 2.37. The molecule has 0 saturated carbocycles. The van der Waals surface area contributed by atoms with Crippen molar-refractivity contribution < 1.29 is 9.53 Å². The number of carbonyl (C=O) groups is 1. The Kier molecular flexibility index (Phi) is 4.66. The van der Waals surface area contributed by atoms with Gasteiger partial charge in [0.2, 0.25) is 0 Å². The molecule has 0 radical (unpaired) electrons. The lowest BCUT2D eigenvalue weighted by molar-refractivity contribution is 0.135. The number of cyclic esters (lactones) is 1. The molecule has 1 heterocycles. The SMILES string of the molecule is CCCCCCC1CN(c2cccc(N)c2)C(=O)O1. The van der Waals surface area contributed by atoms with Crippen molar-refractivity contribution in [3.05, 3.63) is 24.3 Å². The van der Waals surface area contributed by atoms with Gasteiger partial charge in [-0.15, -0.1) is 0 Å². The summed E-state index contributed by atoms with van der Waals surface area (Å²) < 4.78 is 5.39. The van der Waals surface area contributed by atoms with Crippen molar-refractivity contribution in [1.29, 1.82) is 0 Å². The number of carbonyl (C=O) groups excluding carboxylic acids is 1. The zero-order chi connectivity index (χ0) is 13.7. The van der Waals surface area contributed by atoms with Crippen LogP contribution in [-0.2, 0) is 4.74 Å². The second-order valence-electron chi connectivity index (χ2n) is 5.06. The molecule has 0 spiro atoms. The van der Waals surface area contributed by atoms with Crippen LogP contribution in [0.2, 0.25) is 0 Å². The van der Waals surface area contributed by atoms with Crippen molar-refractivity contribution >= 4 is 17.5 Å². The number of nitrogen functional groups attached to an aromatic ring is 1. The van der Waals surface area contributed by atoms with Crippen LogP contribution in [0.1, 0.15) is 39.0 Å². The molecule has 1 aromatic rings. The van der Waals surface area contributed by atoms with E-state index >= 15 is 0 Å². The second kappa shape index (κ2) is 6.45. The number of nitrogens with zero attached hydrogens (tertiary/aromatic N) is 1. The number of hydrogen-bond acceptors (Lipinski definition) is 3. The van der Waals surface area contributed by atoms with Gasteiger partial charge in [-0.2, -0.15) is 0 Å². The Hall–Kier alpha value is -1.71. The minimum absolute atomic E-state index is 0.0192. The van der Waals surface area contributed by atoms with E-state index in [9.17, 15) is 4.79 Å². The summed E-state index contributed by atoms with van der Waals surface area (Å²) in [4.78, 5) is 13.5. The molecule has 1 atom stereocenters. The normalized spacial score (nSPS) is 18.7. The zero-order valence-corrected chi connectivity index (χ0v) is 11.5. The fraction of sp³-hybridized carbons (Fsp3) is 0.533. The van der Waals surface area contributed by atoms with Gasteiger partial charge in [0.15, 0.2) is 0 Å². The van der Waals surface area contributed by atoms with Crippen LogP contribution in [0.25, 0.3) is 0 Å². The van der Waals surface area contributed by atoms with Crippen LogP contribution in [0.5, 0.6) is 0 Å². The van der Waals surface area contributed by atoms with E-state index < -0.39 is 0 Å². The molecule has 0 bridgehead atoms. The molecule has 2 rings (SSSR count). The van der Waals surface area contributed by atoms with Crippen LogP contribution in [0.4, 0.5) is 16.2 Å². The van der Waals surface area contributed by atoms with Crippen LogP contribution < -0.4 is 10.6 Å². The molecule has 1 saturated heterocycles. The quantitative estimate of drug-likeness (QED) is 0.630. The minimum Gasteiger partial charge on any atom is -0.444 e. The summed E-state index contributed by atoms with van der Waals surface area (Å²) in [5.74, 6) is 0. The van der Waals surface area contributed by atoms with Crippen molar-refractivity contribution in [2.75, 3.05) is 17.2 Å². The van der Waals surface area contributed by atoms with Crippen LogP contribution in [0, 0.1) is 0 Å². The van der Waals surface area contributed by atoms with E-state index in [1.54, 1.807) is 11.0 Å². The summed E-state index contributed by atoms with van der Waals surface area (Å²) in [5.41, 5.74) is 7.23. The van der Waals surface area contributed by atoms with Crippen molar-refractivity contribution in [3.8, 4) is 0 Å². The fourth-order valence-corrected chi connectivity index (χ4v) is 2.37. The van der Waals surface area contributed by atoms with Crippen molar-refractivity contribution in [3.63, 3.8) is 0 Å². The van der Waals surface area contributed by atoms with Gasteiger partial charge in [0.1, 0.15) is 6.10 Å². The number of rotatable bonds is 6. The largest absolute Gasteiger partial charge is 0.444 e. The predicted molar refractivity (Wildman–Crippen MR) is 77.2 cm³/mol. The third-order valence-electron chi connectivity index (χ3n) is 3.44. The minimum atomic E-state index is -0.258. The molecule has 1 unspecified atom stereocenters. The lowest BCUT2D eigenvalue weighted by atomic mass is 10.1. The molecule has 1 amide bonds. The Balaban J connectivity index is 1.89. The smallest absolute Gasteiger partial charge is 0.414 e. The average molecular weight is 262 g/mol. The van der Waals surface area contributed by atoms with Gasteiger partial charge in [0.25, 0.3) is 0 Å². The Bertz CT molecular complexity index is 434. The van der Waals surface area contributed by atoms with Crippen molar-refractivity contribution in [1.82, 2.24) is 0 Å². The van der Waals surface area contributed by atoms with Crippen LogP contribution in [0.15, 0.2) is 24.3 Å². The summed E-state index contributed by atoms with van der Waals surface area (Å²) in [6.07, 6.45) is 5.51. The van der Waals surface area contributed by atoms with Gasteiger partial charge in [-0.05, 0) is 31.0 Å². The molecular formula is C15H22N2O2. The van der Waals surface area contributed by atoms with Gasteiger partial charge < -0.3 is 10.5 Å². The van der Waals surface area contributed by atoms with E-state index in [0.717, 1.165) is 18.5 Å². The molecule has 1 aliphatic rings. The lowest BCUT2D eigenvalue weighted by Gasteiger charge is -2.13. The number of amides is 1. The maximum absolute atomic E-state index is 11.8. The van der Waals surface area contributed by atoms with E-state index in [2.05, 4.69) is 6.92 Å². The number of nitrogens with two attached hydrogens (primary N) is 1. The maximum atomic E-state index is 11.8. The highest BCUT2D eigenvalue weighted by Gasteiger charge is 2.31. The number of anilines is 2. The van der Waals surface area contributed by atoms with Crippen LogP contribution in [-0.4, -0.2) is 18.7 Å². The molecule has 4 nitrogen and oxygen atoms in total. The molecule has 0 aromatic heterocycles. The third kappa shape index (κ3) is 3.63. The van der Waals surface area contributed by atoms with E-state index in [-0.39, 0.29) is 12.2 Å². The molecule has 0 aliphatic carbocycles. The van der Waals surface area contributed by atoms with Gasteiger partial charge in [0.05, 0.1) is 6.54 Å². The number of benzene rings is 1. The summed E-state index contributed by atoms with van der Waals surface area (Å²) in [6.45, 7) is 2.82. The molecule has 4 heteroatoms. The van der Waals surface area contributed by atoms with E-state index in [1.807, 2.05) is 18.2 Å². The first kappa shape index (κ1) is 13.7. The van der Waals surface area contributed by atoms with Gasteiger partial charge in [0, 0.05) is 11.4 Å². The maximum Gasteiger partial charge on any atom is 0.414 e. The molecule has 1 fully saturated rings. The Morgan fingerprint density at radius 1 is 1.37 bits per heavy atom. The van der Waals surface area contributed by atoms with E-state index in [0.29, 0.717) is 12.2 Å². The van der Waals surface area contributed by atoms with Crippen molar-refractivity contribution in [2.24, 2.45) is 0 Å². The first-order chi connectivity index (χ1) is 9.20. The molecule has 2 N–H and O–H groups in total. The summed E-state index contributed by atoms with van der Waals surface area (Å²) >= 11 is 0. The predicted octanol–water partition coefficient (Wildman–Crippen LogP) is 3.56. The first-order valence-electron chi connectivity index (χ1n) is 7.04. The Labute approximate surface area is 114 Å². The lowest BCUT2D eigenvalue weighted by Crippen LogP contribution is -2.24. The summed E-state index contributed by atoms with van der Waals surface area (Å²) in [7, 11) is 0. The number of hydrogen-bond donors (Lipinski definition) is 1. The summed E-state index contributed by atoms with van der Waals surface area (Å²) in [6, 6.07) is 7.36. The van der Waals surface area contributed by atoms with Gasteiger partial charge >= 0.3 is 6.09 Å². The van der Waals surface area contributed by atoms with Crippen LogP contribution >= 0.6 is 0 Å². The standard InChI is InChI=1S/C15H22N2O2/c1-2-3-4-5-9-14-11-17(15(18)19-14)13-8-6-7-12(16)10-13/h6-8,10,14H,2-5,9,11,16H2,1H3. The molecule has 1 aliphatic heterocycles. The number of unbranched alkanes of at least 4 members (excludes halogenated alkanes) is 3. The third-order valence-corrected chi connectivity index (χ3v) is 3.44. The van der Waals surface area contributed by atoms with Crippen molar-refractivity contribution in [2.45, 2.75) is 45.1 Å². The molecule has 19 heavy (non-hydrogen) atoms. The molecule has 1 aromatic carbocycles. The van der Waals surface area contributed by atoms with Gasteiger partial charge in [-0.3, -0.25) is 4.90 Å².